The number of piperazine rings is 1. The normalized spacial score (nSPS) is 17.6. The van der Waals surface area contributed by atoms with Gasteiger partial charge in [0.1, 0.15) is 6.67 Å². The molecule has 1 amide bonds. The van der Waals surface area contributed by atoms with E-state index in [1.165, 1.54) is 0 Å². The number of nitrogens with zero attached hydrogens (tertiary/aromatic N) is 2. The minimum atomic E-state index is -0.487. The van der Waals surface area contributed by atoms with E-state index in [1.54, 1.807) is 11.0 Å². The van der Waals surface area contributed by atoms with E-state index in [-0.39, 0.29) is 6.10 Å². The van der Waals surface area contributed by atoms with Crippen molar-refractivity contribution in [3.63, 3.8) is 0 Å². The van der Waals surface area contributed by atoms with Crippen LogP contribution in [-0.4, -0.2) is 61.8 Å². The van der Waals surface area contributed by atoms with Gasteiger partial charge in [-0.1, -0.05) is 6.08 Å². The van der Waals surface area contributed by atoms with Gasteiger partial charge in [0.05, 0.1) is 12.7 Å². The number of hydrogen-bond acceptors (Lipinski definition) is 3. The van der Waals surface area contributed by atoms with Crippen LogP contribution in [0.15, 0.2) is 23.9 Å². The first-order valence-corrected chi connectivity index (χ1v) is 6.66. The number of carbonyl (C=O) groups is 1. The first-order valence-electron chi connectivity index (χ1n) is 6.66. The summed E-state index contributed by atoms with van der Waals surface area (Å²) in [6.07, 6.45) is 6.39. The van der Waals surface area contributed by atoms with Crippen LogP contribution >= 0.6 is 0 Å². The van der Waals surface area contributed by atoms with Crippen molar-refractivity contribution in [2.75, 3.05) is 39.5 Å². The smallest absolute Gasteiger partial charge is 0.209 e. The van der Waals surface area contributed by atoms with Crippen molar-refractivity contribution in [1.29, 1.82) is 0 Å². The molecule has 1 rings (SSSR count). The van der Waals surface area contributed by atoms with Gasteiger partial charge in [0.2, 0.25) is 6.41 Å². The molecule has 5 heteroatoms. The number of carbonyl (C=O) groups excluding carboxylic acids is 1. The molecular weight excluding hydrogens is 247 g/mol. The Hall–Kier alpha value is -1.36. The summed E-state index contributed by atoms with van der Waals surface area (Å²) >= 11 is 0. The lowest BCUT2D eigenvalue weighted by atomic mass is 10.2. The molecule has 1 aliphatic rings. The molecule has 0 aromatic rings. The van der Waals surface area contributed by atoms with Crippen molar-refractivity contribution in [2.24, 2.45) is 0 Å². The molecule has 4 nitrogen and oxygen atoms in total. The fraction of sp³-hybridized carbons (Fsp3) is 0.643. The Morgan fingerprint density at radius 1 is 1.32 bits per heavy atom. The van der Waals surface area contributed by atoms with Crippen molar-refractivity contribution < 1.29 is 13.9 Å². The molecule has 1 heterocycles. The van der Waals surface area contributed by atoms with E-state index in [1.807, 2.05) is 26.0 Å². The third-order valence-corrected chi connectivity index (χ3v) is 2.93. The average molecular weight is 270 g/mol. The fourth-order valence-corrected chi connectivity index (χ4v) is 1.88. The quantitative estimate of drug-likeness (QED) is 0.520. The van der Waals surface area contributed by atoms with E-state index >= 15 is 0 Å². The number of halogens is 1. The number of allylic oxidation sites excluding steroid dienone is 2. The Morgan fingerprint density at radius 2 is 2.00 bits per heavy atom. The van der Waals surface area contributed by atoms with Crippen LogP contribution in [0.3, 0.4) is 0 Å². The molecule has 0 spiro atoms. The summed E-state index contributed by atoms with van der Waals surface area (Å²) in [4.78, 5) is 14.5. The molecule has 1 fully saturated rings. The second-order valence-electron chi connectivity index (χ2n) is 4.70. The highest BCUT2D eigenvalue weighted by molar-refractivity contribution is 5.47. The summed E-state index contributed by atoms with van der Waals surface area (Å²) in [6.45, 7) is 6.83. The molecule has 0 radical (unpaired) electrons. The van der Waals surface area contributed by atoms with Gasteiger partial charge in [-0.3, -0.25) is 4.79 Å². The van der Waals surface area contributed by atoms with Gasteiger partial charge in [0.25, 0.3) is 0 Å². The fourth-order valence-electron chi connectivity index (χ4n) is 1.88. The molecule has 1 aliphatic heterocycles. The standard InChI is InChI=1S/C14H23FN2O2/c1-13(2)19-11-3-4-14(5-6-15)17-9-7-16(12-18)8-10-17/h3-5,12-13H,6-11H2,1-2H3/b4-3-,14-5+. The van der Waals surface area contributed by atoms with Crippen LogP contribution in [0.25, 0.3) is 0 Å². The summed E-state index contributed by atoms with van der Waals surface area (Å²) in [5.41, 5.74) is 0.861. The number of alkyl halides is 1. The molecule has 1 saturated heterocycles. The van der Waals surface area contributed by atoms with Gasteiger partial charge < -0.3 is 14.5 Å². The molecule has 0 saturated carbocycles. The minimum absolute atomic E-state index is 0.189. The van der Waals surface area contributed by atoms with Crippen LogP contribution in [0, 0.1) is 0 Å². The van der Waals surface area contributed by atoms with E-state index in [0.29, 0.717) is 19.7 Å². The van der Waals surface area contributed by atoms with Crippen molar-refractivity contribution in [1.82, 2.24) is 9.80 Å². The second kappa shape index (κ2) is 8.69. The molecule has 19 heavy (non-hydrogen) atoms. The maximum Gasteiger partial charge on any atom is 0.209 e. The second-order valence-corrected chi connectivity index (χ2v) is 4.70. The maximum absolute atomic E-state index is 12.5. The summed E-state index contributed by atoms with van der Waals surface area (Å²) in [5, 5.41) is 0. The highest BCUT2D eigenvalue weighted by Crippen LogP contribution is 2.10. The SMILES string of the molecule is CC(C)OC/C=C\C(=C/CF)N1CCN(C=O)CC1. The predicted molar refractivity (Wildman–Crippen MR) is 73.5 cm³/mol. The van der Waals surface area contributed by atoms with Gasteiger partial charge in [-0.25, -0.2) is 4.39 Å². The summed E-state index contributed by atoms with van der Waals surface area (Å²) in [7, 11) is 0. The molecule has 0 aromatic carbocycles. The van der Waals surface area contributed by atoms with Gasteiger partial charge in [-0.15, -0.1) is 0 Å². The van der Waals surface area contributed by atoms with Crippen molar-refractivity contribution in [3.05, 3.63) is 23.9 Å². The Morgan fingerprint density at radius 3 is 2.53 bits per heavy atom. The summed E-state index contributed by atoms with van der Waals surface area (Å²) < 4.78 is 18.0. The zero-order chi connectivity index (χ0) is 14.1. The van der Waals surface area contributed by atoms with Crippen molar-refractivity contribution >= 4 is 6.41 Å². The van der Waals surface area contributed by atoms with Gasteiger partial charge in [0, 0.05) is 31.9 Å². The molecule has 0 aliphatic carbocycles. The Bertz CT molecular complexity index is 321. The highest BCUT2D eigenvalue weighted by atomic mass is 19.1. The Labute approximate surface area is 114 Å². The molecule has 0 atom stereocenters. The highest BCUT2D eigenvalue weighted by Gasteiger charge is 2.15. The molecular formula is C14H23FN2O2. The molecule has 0 N–H and O–H groups in total. The van der Waals surface area contributed by atoms with Gasteiger partial charge in [0.15, 0.2) is 0 Å². The Balaban J connectivity index is 2.49. The lowest BCUT2D eigenvalue weighted by molar-refractivity contribution is -0.119. The van der Waals surface area contributed by atoms with Crippen LogP contribution in [0.2, 0.25) is 0 Å². The first kappa shape index (κ1) is 15.7. The van der Waals surface area contributed by atoms with Crippen LogP contribution in [-0.2, 0) is 9.53 Å². The maximum atomic E-state index is 12.5. The third-order valence-electron chi connectivity index (χ3n) is 2.93. The predicted octanol–water partition coefficient (Wildman–Crippen LogP) is 1.59. The summed E-state index contributed by atoms with van der Waals surface area (Å²) in [6, 6.07) is 0. The van der Waals surface area contributed by atoms with Crippen LogP contribution < -0.4 is 0 Å². The van der Waals surface area contributed by atoms with Crippen molar-refractivity contribution in [2.45, 2.75) is 20.0 Å². The number of hydrogen-bond donors (Lipinski definition) is 0. The van der Waals surface area contributed by atoms with Gasteiger partial charge in [-0.05, 0) is 26.0 Å². The monoisotopic (exact) mass is 270 g/mol. The van der Waals surface area contributed by atoms with E-state index in [4.69, 9.17) is 4.74 Å². The average Bonchev–Trinajstić information content (AvgIpc) is 2.42. The first-order chi connectivity index (χ1) is 9.17. The van der Waals surface area contributed by atoms with E-state index in [0.717, 1.165) is 25.2 Å². The largest absolute Gasteiger partial charge is 0.375 e. The van der Waals surface area contributed by atoms with Crippen LogP contribution in [0.5, 0.6) is 0 Å². The van der Waals surface area contributed by atoms with Gasteiger partial charge >= 0.3 is 0 Å². The number of ether oxygens (including phenoxy) is 1. The van der Waals surface area contributed by atoms with E-state index in [2.05, 4.69) is 4.90 Å². The third kappa shape index (κ3) is 5.87. The lowest BCUT2D eigenvalue weighted by Crippen LogP contribution is -2.44. The molecule has 0 aromatic heterocycles. The molecule has 0 unspecified atom stereocenters. The number of amides is 1. The number of rotatable bonds is 7. The Kier molecular flexibility index (Phi) is 7.18. The molecule has 108 valence electrons. The topological polar surface area (TPSA) is 32.8 Å². The van der Waals surface area contributed by atoms with E-state index < -0.39 is 6.67 Å². The van der Waals surface area contributed by atoms with Gasteiger partial charge in [-0.2, -0.15) is 0 Å². The van der Waals surface area contributed by atoms with E-state index in [9.17, 15) is 9.18 Å². The molecule has 0 bridgehead atoms. The summed E-state index contributed by atoms with van der Waals surface area (Å²) in [5.74, 6) is 0. The lowest BCUT2D eigenvalue weighted by Gasteiger charge is -2.34. The minimum Gasteiger partial charge on any atom is -0.375 e. The van der Waals surface area contributed by atoms with Crippen LogP contribution in [0.1, 0.15) is 13.8 Å². The zero-order valence-corrected chi connectivity index (χ0v) is 11.7. The van der Waals surface area contributed by atoms with Crippen molar-refractivity contribution in [3.8, 4) is 0 Å². The van der Waals surface area contributed by atoms with Crippen LogP contribution in [0.4, 0.5) is 4.39 Å². The zero-order valence-electron chi connectivity index (χ0n) is 11.7.